The van der Waals surface area contributed by atoms with E-state index in [9.17, 15) is 19.5 Å². The number of aliphatic carboxylic acids is 1. The summed E-state index contributed by atoms with van der Waals surface area (Å²) in [5, 5.41) is 10.7. The summed E-state index contributed by atoms with van der Waals surface area (Å²) < 4.78 is 5.79. The molecule has 40 heavy (non-hydrogen) atoms. The molecule has 1 amide bonds. The van der Waals surface area contributed by atoms with Crippen LogP contribution in [0.1, 0.15) is 147 Å². The summed E-state index contributed by atoms with van der Waals surface area (Å²) in [6.45, 7) is 23.8. The number of nitrogens with zero attached hydrogens (tertiary/aromatic N) is 1. The number of esters is 1. The van der Waals surface area contributed by atoms with E-state index in [1.54, 1.807) is 0 Å². The molecule has 3 unspecified atom stereocenters. The van der Waals surface area contributed by atoms with E-state index in [4.69, 9.17) is 4.74 Å². The quantitative estimate of drug-likeness (QED) is 0.141. The Morgan fingerprint density at radius 1 is 0.825 bits per heavy atom. The number of amides is 1. The van der Waals surface area contributed by atoms with Crippen LogP contribution >= 0.6 is 0 Å². The summed E-state index contributed by atoms with van der Waals surface area (Å²) in [5.41, 5.74) is -2.01. The molecule has 234 valence electrons. The maximum Gasteiger partial charge on any atom is 0.310 e. The average Bonchev–Trinajstić information content (AvgIpc) is 3.22. The van der Waals surface area contributed by atoms with Crippen LogP contribution in [0.25, 0.3) is 0 Å². The third kappa shape index (κ3) is 10.0. The fraction of sp³-hybridized carbons (Fsp3) is 0.912. The molecule has 0 radical (unpaired) electrons. The van der Waals surface area contributed by atoms with Crippen LogP contribution in [0.5, 0.6) is 0 Å². The Labute approximate surface area is 246 Å². The first-order valence-electron chi connectivity index (χ1n) is 16.0. The van der Waals surface area contributed by atoms with Crippen LogP contribution in [0.4, 0.5) is 0 Å². The fourth-order valence-electron chi connectivity index (χ4n) is 6.41. The van der Waals surface area contributed by atoms with Crippen molar-refractivity contribution in [3.05, 3.63) is 0 Å². The van der Waals surface area contributed by atoms with Crippen molar-refractivity contribution in [2.24, 2.45) is 33.5 Å². The van der Waals surface area contributed by atoms with E-state index in [0.717, 1.165) is 32.2 Å². The molecule has 3 atom stereocenters. The molecule has 1 N–H and O–H groups in total. The smallest absolute Gasteiger partial charge is 0.310 e. The summed E-state index contributed by atoms with van der Waals surface area (Å²) in [6, 6.07) is -0.0202. The van der Waals surface area contributed by atoms with Gasteiger partial charge in [0.25, 0.3) is 0 Å². The average molecular weight is 566 g/mol. The van der Waals surface area contributed by atoms with E-state index < -0.39 is 40.0 Å². The number of carboxylic acids is 1. The van der Waals surface area contributed by atoms with E-state index in [0.29, 0.717) is 19.4 Å². The van der Waals surface area contributed by atoms with Crippen LogP contribution < -0.4 is 0 Å². The van der Waals surface area contributed by atoms with Gasteiger partial charge >= 0.3 is 11.9 Å². The SMILES string of the molecule is CCCCCCCCCCOC(=O)C(C(C(=O)O)C(C)(C)C(C)(C)CC(N1CCCC1=O)C(C)(C)C)C(C)(C)C. The Kier molecular flexibility index (Phi) is 13.7. The van der Waals surface area contributed by atoms with E-state index in [2.05, 4.69) is 41.5 Å². The summed E-state index contributed by atoms with van der Waals surface area (Å²) in [6.07, 6.45) is 11.3. The molecule has 6 heteroatoms. The minimum atomic E-state index is -0.966. The summed E-state index contributed by atoms with van der Waals surface area (Å²) in [5.74, 6) is -2.93. The van der Waals surface area contributed by atoms with Crippen LogP contribution in [-0.2, 0) is 19.1 Å². The third-order valence-electron chi connectivity index (χ3n) is 9.74. The Bertz CT molecular complexity index is 817. The zero-order chi connectivity index (χ0) is 30.9. The first-order valence-corrected chi connectivity index (χ1v) is 16.0. The zero-order valence-electron chi connectivity index (χ0n) is 28.0. The Balaban J connectivity index is 3.11. The van der Waals surface area contributed by atoms with Gasteiger partial charge in [0.1, 0.15) is 0 Å². The van der Waals surface area contributed by atoms with Crippen molar-refractivity contribution in [1.82, 2.24) is 4.90 Å². The third-order valence-corrected chi connectivity index (χ3v) is 9.74. The van der Waals surface area contributed by atoms with E-state index in [-0.39, 0.29) is 17.4 Å². The highest BCUT2D eigenvalue weighted by molar-refractivity contribution is 5.82. The molecule has 1 rings (SSSR count). The van der Waals surface area contributed by atoms with Crippen molar-refractivity contribution in [3.8, 4) is 0 Å². The number of carbonyl (C=O) groups is 3. The lowest BCUT2D eigenvalue weighted by atomic mass is 9.52. The van der Waals surface area contributed by atoms with Gasteiger partial charge in [-0.3, -0.25) is 14.4 Å². The molecule has 1 aliphatic heterocycles. The number of carbonyl (C=O) groups excluding carboxylic acids is 2. The highest BCUT2D eigenvalue weighted by Crippen LogP contribution is 2.54. The topological polar surface area (TPSA) is 83.9 Å². The van der Waals surface area contributed by atoms with Gasteiger partial charge in [-0.2, -0.15) is 0 Å². The Morgan fingerprint density at radius 2 is 1.35 bits per heavy atom. The van der Waals surface area contributed by atoms with Gasteiger partial charge in [-0.15, -0.1) is 0 Å². The number of rotatable bonds is 17. The standard InChI is InChI=1S/C34H63NO5/c1-12-13-14-15-16-17-18-19-23-40-30(39)28(32(5,6)7)27(29(37)38)34(10,11)33(8,9)24-25(31(2,3)4)35-22-20-21-26(35)36/h25,27-28H,12-24H2,1-11H3,(H,37,38). The minimum absolute atomic E-state index is 0.0202. The number of hydrogen-bond acceptors (Lipinski definition) is 4. The van der Waals surface area contributed by atoms with Crippen molar-refractivity contribution in [2.75, 3.05) is 13.2 Å². The lowest BCUT2D eigenvalue weighted by Gasteiger charge is -2.52. The van der Waals surface area contributed by atoms with Gasteiger partial charge in [-0.25, -0.2) is 0 Å². The molecule has 0 spiro atoms. The monoisotopic (exact) mass is 565 g/mol. The highest BCUT2D eigenvalue weighted by atomic mass is 16.5. The maximum atomic E-state index is 13.6. The normalized spacial score (nSPS) is 17.6. The van der Waals surface area contributed by atoms with Gasteiger partial charge in [0, 0.05) is 19.0 Å². The Morgan fingerprint density at radius 3 is 1.77 bits per heavy atom. The van der Waals surface area contributed by atoms with Crippen molar-refractivity contribution < 1.29 is 24.2 Å². The van der Waals surface area contributed by atoms with Crippen molar-refractivity contribution in [1.29, 1.82) is 0 Å². The van der Waals surface area contributed by atoms with Gasteiger partial charge in [-0.1, -0.05) is 121 Å². The van der Waals surface area contributed by atoms with Crippen LogP contribution in [0, 0.1) is 33.5 Å². The first-order chi connectivity index (χ1) is 18.3. The molecule has 0 aliphatic carbocycles. The molecule has 1 heterocycles. The van der Waals surface area contributed by atoms with Crippen molar-refractivity contribution >= 4 is 17.8 Å². The maximum absolute atomic E-state index is 13.6. The van der Waals surface area contributed by atoms with Gasteiger partial charge in [-0.05, 0) is 40.9 Å². The van der Waals surface area contributed by atoms with Crippen LogP contribution in [0.2, 0.25) is 0 Å². The fourth-order valence-corrected chi connectivity index (χ4v) is 6.41. The summed E-state index contributed by atoms with van der Waals surface area (Å²) >= 11 is 0. The molecule has 0 aromatic heterocycles. The summed E-state index contributed by atoms with van der Waals surface area (Å²) in [7, 11) is 0. The highest BCUT2D eigenvalue weighted by Gasteiger charge is 2.56. The van der Waals surface area contributed by atoms with Gasteiger partial charge in [0.2, 0.25) is 5.91 Å². The van der Waals surface area contributed by atoms with Crippen LogP contribution in [0.3, 0.4) is 0 Å². The molecule has 0 aromatic carbocycles. The molecule has 1 aliphatic rings. The van der Waals surface area contributed by atoms with Crippen molar-refractivity contribution in [2.45, 2.75) is 153 Å². The number of carboxylic acid groups (broad SMARTS) is 1. The largest absolute Gasteiger partial charge is 0.481 e. The number of likely N-dealkylation sites (tertiary alicyclic amines) is 1. The zero-order valence-corrected chi connectivity index (χ0v) is 28.0. The number of ether oxygens (including phenoxy) is 1. The second-order valence-corrected chi connectivity index (χ2v) is 15.7. The predicted octanol–water partition coefficient (Wildman–Crippen LogP) is 8.51. The second kappa shape index (κ2) is 15.0. The van der Waals surface area contributed by atoms with Gasteiger partial charge < -0.3 is 14.7 Å². The molecular weight excluding hydrogens is 502 g/mol. The van der Waals surface area contributed by atoms with E-state index in [1.165, 1.54) is 32.1 Å². The lowest BCUT2D eigenvalue weighted by Crippen LogP contribution is -2.55. The van der Waals surface area contributed by atoms with Crippen LogP contribution in [-0.4, -0.2) is 47.0 Å². The van der Waals surface area contributed by atoms with E-state index >= 15 is 0 Å². The van der Waals surface area contributed by atoms with Gasteiger partial charge in [0.05, 0.1) is 18.4 Å². The Hall–Kier alpha value is -1.59. The molecule has 0 aromatic rings. The first kappa shape index (κ1) is 36.4. The second-order valence-electron chi connectivity index (χ2n) is 15.7. The number of hydrogen-bond donors (Lipinski definition) is 1. The predicted molar refractivity (Wildman–Crippen MR) is 164 cm³/mol. The van der Waals surface area contributed by atoms with E-state index in [1.807, 2.05) is 39.5 Å². The summed E-state index contributed by atoms with van der Waals surface area (Å²) in [4.78, 5) is 41.4. The van der Waals surface area contributed by atoms with Crippen molar-refractivity contribution in [3.63, 3.8) is 0 Å². The minimum Gasteiger partial charge on any atom is -0.481 e. The molecule has 6 nitrogen and oxygen atoms in total. The molecule has 1 saturated heterocycles. The number of unbranched alkanes of at least 4 members (excludes halogenated alkanes) is 7. The lowest BCUT2D eigenvalue weighted by molar-refractivity contribution is -0.174. The molecule has 1 fully saturated rings. The molecule has 0 bridgehead atoms. The van der Waals surface area contributed by atoms with Gasteiger partial charge in [0.15, 0.2) is 0 Å². The van der Waals surface area contributed by atoms with Crippen LogP contribution in [0.15, 0.2) is 0 Å². The molecular formula is C34H63NO5. The molecule has 0 saturated carbocycles.